The Labute approximate surface area is 151 Å². The van der Waals surface area contributed by atoms with Crippen molar-refractivity contribution in [2.45, 2.75) is 12.3 Å². The second-order valence-corrected chi connectivity index (χ2v) is 6.10. The Hall–Kier alpha value is -2.87. The normalized spacial score (nSPS) is 12.4. The predicted octanol–water partition coefficient (Wildman–Crippen LogP) is 4.92. The van der Waals surface area contributed by atoms with Crippen molar-refractivity contribution in [1.29, 1.82) is 0 Å². The van der Waals surface area contributed by atoms with E-state index in [0.717, 1.165) is 5.38 Å². The number of benzene rings is 2. The number of aromatic nitrogens is 1. The third-order valence-corrected chi connectivity index (χ3v) is 4.12. The van der Waals surface area contributed by atoms with Crippen molar-refractivity contribution in [3.8, 4) is 5.75 Å². The summed E-state index contributed by atoms with van der Waals surface area (Å²) in [5.41, 5.74) is -0.473. The molecule has 0 saturated carbocycles. The maximum Gasteiger partial charge on any atom is 0.434 e. The Morgan fingerprint density at radius 1 is 1.04 bits per heavy atom. The van der Waals surface area contributed by atoms with Crippen LogP contribution < -0.4 is 10.1 Å². The summed E-state index contributed by atoms with van der Waals surface area (Å²) < 4.78 is 43.7. The van der Waals surface area contributed by atoms with Crippen molar-refractivity contribution in [3.63, 3.8) is 0 Å². The number of nitrogens with zero attached hydrogens (tertiary/aromatic N) is 1. The minimum absolute atomic E-state index is 0.139. The van der Waals surface area contributed by atoms with Gasteiger partial charge in [0.2, 0.25) is 6.10 Å². The Morgan fingerprint density at radius 2 is 1.65 bits per heavy atom. The lowest BCUT2D eigenvalue weighted by atomic mass is 10.1. The molecule has 0 radical (unpaired) electrons. The third kappa shape index (κ3) is 4.40. The van der Waals surface area contributed by atoms with E-state index >= 15 is 0 Å². The highest BCUT2D eigenvalue weighted by molar-refractivity contribution is 7.13. The number of halogens is 3. The van der Waals surface area contributed by atoms with Gasteiger partial charge >= 0.3 is 6.18 Å². The quantitative estimate of drug-likeness (QED) is 0.686. The van der Waals surface area contributed by atoms with Gasteiger partial charge in [0.1, 0.15) is 5.75 Å². The average Bonchev–Trinajstić information content (AvgIpc) is 3.10. The first-order valence-electron chi connectivity index (χ1n) is 7.54. The molecule has 26 heavy (non-hydrogen) atoms. The number of amides is 1. The van der Waals surface area contributed by atoms with Crippen LogP contribution in [0.1, 0.15) is 17.4 Å². The largest absolute Gasteiger partial charge is 0.476 e. The minimum atomic E-state index is -4.56. The molecule has 1 amide bonds. The molecule has 1 aromatic heterocycles. The number of hydrogen-bond acceptors (Lipinski definition) is 4. The number of para-hydroxylation sites is 1. The van der Waals surface area contributed by atoms with Gasteiger partial charge in [-0.1, -0.05) is 48.5 Å². The van der Waals surface area contributed by atoms with E-state index in [1.165, 1.54) is 0 Å². The lowest BCUT2D eigenvalue weighted by molar-refractivity contribution is -0.140. The number of ether oxygens (including phenoxy) is 1. The molecule has 4 nitrogen and oxygen atoms in total. The Balaban J connectivity index is 1.82. The Bertz CT molecular complexity index is 867. The number of hydrogen-bond donors (Lipinski definition) is 1. The lowest BCUT2D eigenvalue weighted by Gasteiger charge is -2.18. The van der Waals surface area contributed by atoms with Gasteiger partial charge in [-0.15, -0.1) is 11.3 Å². The zero-order valence-electron chi connectivity index (χ0n) is 13.2. The van der Waals surface area contributed by atoms with E-state index in [1.54, 1.807) is 60.7 Å². The van der Waals surface area contributed by atoms with Crippen LogP contribution in [-0.4, -0.2) is 10.9 Å². The van der Waals surface area contributed by atoms with Crippen LogP contribution in [-0.2, 0) is 11.0 Å². The van der Waals surface area contributed by atoms with Gasteiger partial charge in [-0.2, -0.15) is 13.2 Å². The number of alkyl halides is 3. The fraction of sp³-hybridized carbons (Fsp3) is 0.111. The SMILES string of the molecule is O=C(Nc1nc(C(F)(F)F)cs1)C(Oc1ccccc1)c1ccccc1. The van der Waals surface area contributed by atoms with Gasteiger partial charge in [-0.05, 0) is 12.1 Å². The molecule has 0 bridgehead atoms. The van der Waals surface area contributed by atoms with Crippen LogP contribution >= 0.6 is 11.3 Å². The van der Waals surface area contributed by atoms with Crippen LogP contribution in [0.5, 0.6) is 5.75 Å². The summed E-state index contributed by atoms with van der Waals surface area (Å²) in [5.74, 6) is -0.144. The van der Waals surface area contributed by atoms with Crippen LogP contribution in [0.25, 0.3) is 0 Å². The van der Waals surface area contributed by atoms with Crippen molar-refractivity contribution in [2.75, 3.05) is 5.32 Å². The third-order valence-electron chi connectivity index (χ3n) is 3.36. The Kier molecular flexibility index (Phi) is 5.22. The fourth-order valence-electron chi connectivity index (χ4n) is 2.17. The molecule has 8 heteroatoms. The van der Waals surface area contributed by atoms with Crippen molar-refractivity contribution in [2.24, 2.45) is 0 Å². The van der Waals surface area contributed by atoms with Gasteiger partial charge in [0.15, 0.2) is 10.8 Å². The molecule has 0 spiro atoms. The zero-order valence-corrected chi connectivity index (χ0v) is 14.1. The summed E-state index contributed by atoms with van der Waals surface area (Å²) in [4.78, 5) is 16.0. The molecule has 1 N–H and O–H groups in total. The number of thiazole rings is 1. The smallest absolute Gasteiger partial charge is 0.434 e. The van der Waals surface area contributed by atoms with Gasteiger partial charge < -0.3 is 4.74 Å². The second-order valence-electron chi connectivity index (χ2n) is 5.25. The molecule has 0 saturated heterocycles. The van der Waals surface area contributed by atoms with Crippen LogP contribution in [0, 0.1) is 0 Å². The van der Waals surface area contributed by atoms with E-state index in [-0.39, 0.29) is 5.13 Å². The van der Waals surface area contributed by atoms with Crippen LogP contribution in [0.15, 0.2) is 66.0 Å². The van der Waals surface area contributed by atoms with E-state index in [1.807, 2.05) is 0 Å². The van der Waals surface area contributed by atoms with Crippen LogP contribution in [0.4, 0.5) is 18.3 Å². The van der Waals surface area contributed by atoms with Gasteiger partial charge in [-0.3, -0.25) is 10.1 Å². The average molecular weight is 378 g/mol. The fourth-order valence-corrected chi connectivity index (χ4v) is 2.89. The number of rotatable bonds is 5. The summed E-state index contributed by atoms with van der Waals surface area (Å²) >= 11 is 0.705. The summed E-state index contributed by atoms with van der Waals surface area (Å²) in [5, 5.41) is 3.11. The number of carbonyl (C=O) groups is 1. The molecule has 1 atom stereocenters. The van der Waals surface area contributed by atoms with E-state index in [2.05, 4.69) is 10.3 Å². The molecular formula is C18H13F3N2O2S. The molecule has 134 valence electrons. The molecule has 0 aliphatic carbocycles. The molecule has 0 aliphatic rings. The minimum Gasteiger partial charge on any atom is -0.476 e. The van der Waals surface area contributed by atoms with Gasteiger partial charge in [0.05, 0.1) is 0 Å². The molecule has 2 aromatic carbocycles. The number of carbonyl (C=O) groups excluding carboxylic acids is 1. The van der Waals surface area contributed by atoms with Crippen LogP contribution in [0.2, 0.25) is 0 Å². The molecule has 0 fully saturated rings. The van der Waals surface area contributed by atoms with Crippen molar-refractivity contribution in [3.05, 3.63) is 77.3 Å². The molecule has 1 heterocycles. The first-order chi connectivity index (χ1) is 12.4. The summed E-state index contributed by atoms with van der Waals surface area (Å²) in [6.07, 6.45) is -5.59. The molecule has 1 unspecified atom stereocenters. The topological polar surface area (TPSA) is 51.2 Å². The van der Waals surface area contributed by atoms with E-state index in [0.29, 0.717) is 22.6 Å². The number of anilines is 1. The summed E-state index contributed by atoms with van der Waals surface area (Å²) in [6, 6.07) is 17.4. The maximum absolute atomic E-state index is 12.7. The lowest BCUT2D eigenvalue weighted by Crippen LogP contribution is -2.25. The van der Waals surface area contributed by atoms with Crippen molar-refractivity contribution >= 4 is 22.4 Å². The summed E-state index contributed by atoms with van der Waals surface area (Å²) in [6.45, 7) is 0. The molecular weight excluding hydrogens is 365 g/mol. The van der Waals surface area contributed by atoms with Crippen LogP contribution in [0.3, 0.4) is 0 Å². The van der Waals surface area contributed by atoms with E-state index in [9.17, 15) is 18.0 Å². The predicted molar refractivity (Wildman–Crippen MR) is 92.0 cm³/mol. The van der Waals surface area contributed by atoms with E-state index in [4.69, 9.17) is 4.74 Å². The highest BCUT2D eigenvalue weighted by Crippen LogP contribution is 2.32. The molecule has 0 aliphatic heterocycles. The van der Waals surface area contributed by atoms with Gasteiger partial charge in [-0.25, -0.2) is 4.98 Å². The second kappa shape index (κ2) is 7.57. The number of nitrogens with one attached hydrogen (secondary N) is 1. The maximum atomic E-state index is 12.7. The zero-order chi connectivity index (χ0) is 18.6. The summed E-state index contributed by atoms with van der Waals surface area (Å²) in [7, 11) is 0. The van der Waals surface area contributed by atoms with Crippen molar-refractivity contribution < 1.29 is 22.7 Å². The monoisotopic (exact) mass is 378 g/mol. The Morgan fingerprint density at radius 3 is 2.23 bits per heavy atom. The van der Waals surface area contributed by atoms with E-state index < -0.39 is 23.9 Å². The highest BCUT2D eigenvalue weighted by atomic mass is 32.1. The molecule has 3 aromatic rings. The molecule has 3 rings (SSSR count). The van der Waals surface area contributed by atoms with Gasteiger partial charge in [0.25, 0.3) is 5.91 Å². The first-order valence-corrected chi connectivity index (χ1v) is 8.41. The standard InChI is InChI=1S/C18H13F3N2O2S/c19-18(20,21)14-11-26-17(22-14)23-16(24)15(12-7-3-1-4-8-12)25-13-9-5-2-6-10-13/h1-11,15H,(H,22,23,24). The van der Waals surface area contributed by atoms with Gasteiger partial charge in [0, 0.05) is 10.9 Å². The van der Waals surface area contributed by atoms with Crippen molar-refractivity contribution in [1.82, 2.24) is 4.98 Å². The first kappa shape index (κ1) is 17.9. The highest BCUT2D eigenvalue weighted by Gasteiger charge is 2.34.